The van der Waals surface area contributed by atoms with Crippen molar-refractivity contribution in [3.8, 4) is 9.88 Å². The van der Waals surface area contributed by atoms with Gasteiger partial charge in [0.2, 0.25) is 0 Å². The first kappa shape index (κ1) is 16.8. The van der Waals surface area contributed by atoms with Gasteiger partial charge in [0, 0.05) is 11.9 Å². The first-order chi connectivity index (χ1) is 11.1. The van der Waals surface area contributed by atoms with Gasteiger partial charge in [0.15, 0.2) is 12.3 Å². The van der Waals surface area contributed by atoms with Gasteiger partial charge in [0.25, 0.3) is 5.91 Å². The average molecular weight is 351 g/mol. The Morgan fingerprint density at radius 3 is 2.87 bits per heavy atom. The van der Waals surface area contributed by atoms with Crippen molar-refractivity contribution < 1.29 is 19.1 Å². The Balaban J connectivity index is 1.82. The number of esters is 1. The molecule has 7 nitrogen and oxygen atoms in total. The molecular formula is C14H13N3O4S2. The molecule has 0 fully saturated rings. The lowest BCUT2D eigenvalue weighted by atomic mass is 10.4. The predicted molar refractivity (Wildman–Crippen MR) is 87.4 cm³/mol. The fourth-order valence-electron chi connectivity index (χ4n) is 1.46. The maximum Gasteiger partial charge on any atom is 0.358 e. The van der Waals surface area contributed by atoms with Crippen LogP contribution in [0.2, 0.25) is 0 Å². The van der Waals surface area contributed by atoms with E-state index in [1.807, 2.05) is 22.8 Å². The van der Waals surface area contributed by atoms with Crippen LogP contribution in [-0.4, -0.2) is 36.0 Å². The van der Waals surface area contributed by atoms with Crippen LogP contribution in [-0.2, 0) is 9.53 Å². The van der Waals surface area contributed by atoms with Crippen LogP contribution in [0.15, 0.2) is 35.5 Å². The molecule has 2 aromatic heterocycles. The smallest absolute Gasteiger partial charge is 0.358 e. The van der Waals surface area contributed by atoms with Crippen LogP contribution in [0.3, 0.4) is 0 Å². The first-order valence-corrected chi connectivity index (χ1v) is 8.21. The Bertz CT molecular complexity index is 709. The van der Waals surface area contributed by atoms with Crippen molar-refractivity contribution in [2.24, 2.45) is 0 Å². The molecule has 9 heteroatoms. The summed E-state index contributed by atoms with van der Waals surface area (Å²) in [6.07, 6.45) is 1.47. The molecule has 2 rings (SSSR count). The maximum atomic E-state index is 11.8. The number of nitrogens with one attached hydrogen (secondary N) is 2. The van der Waals surface area contributed by atoms with Gasteiger partial charge < -0.3 is 10.1 Å². The number of thiazole rings is 1. The average Bonchev–Trinajstić information content (AvgIpc) is 3.20. The number of carbonyl (C=O) groups excluding carboxylic acids is 3. The van der Waals surface area contributed by atoms with Gasteiger partial charge in [0.05, 0.1) is 4.88 Å². The van der Waals surface area contributed by atoms with E-state index >= 15 is 0 Å². The maximum absolute atomic E-state index is 11.8. The highest BCUT2D eigenvalue weighted by Gasteiger charge is 2.16. The Kier molecular flexibility index (Phi) is 6.01. The minimum Gasteiger partial charge on any atom is -0.451 e. The van der Waals surface area contributed by atoms with E-state index in [1.165, 1.54) is 28.7 Å². The summed E-state index contributed by atoms with van der Waals surface area (Å²) in [5.74, 6) is -1.45. The normalized spacial score (nSPS) is 9.91. The minimum atomic E-state index is -0.728. The minimum absolute atomic E-state index is 0.127. The molecule has 23 heavy (non-hydrogen) atoms. The second kappa shape index (κ2) is 8.20. The number of ether oxygens (including phenoxy) is 1. The molecule has 0 aromatic carbocycles. The lowest BCUT2D eigenvalue weighted by Crippen LogP contribution is -2.41. The molecule has 0 unspecified atom stereocenters. The molecule has 0 aliphatic carbocycles. The quantitative estimate of drug-likeness (QED) is 0.613. The molecule has 0 bridgehead atoms. The zero-order valence-electron chi connectivity index (χ0n) is 11.9. The van der Waals surface area contributed by atoms with Gasteiger partial charge in [0.1, 0.15) is 5.01 Å². The van der Waals surface area contributed by atoms with Crippen molar-refractivity contribution in [3.63, 3.8) is 0 Å². The van der Waals surface area contributed by atoms with Crippen LogP contribution in [0.5, 0.6) is 0 Å². The summed E-state index contributed by atoms with van der Waals surface area (Å²) in [5.41, 5.74) is 0.127. The van der Waals surface area contributed by atoms with Crippen molar-refractivity contribution in [2.45, 2.75) is 0 Å². The van der Waals surface area contributed by atoms with Crippen LogP contribution in [0.4, 0.5) is 4.79 Å². The molecule has 0 saturated heterocycles. The van der Waals surface area contributed by atoms with Gasteiger partial charge in [-0.3, -0.25) is 10.1 Å². The van der Waals surface area contributed by atoms with E-state index in [0.29, 0.717) is 5.01 Å². The van der Waals surface area contributed by atoms with Gasteiger partial charge >= 0.3 is 12.0 Å². The van der Waals surface area contributed by atoms with E-state index in [9.17, 15) is 14.4 Å². The molecule has 0 radical (unpaired) electrons. The molecule has 0 atom stereocenters. The highest BCUT2D eigenvalue weighted by atomic mass is 32.1. The lowest BCUT2D eigenvalue weighted by Gasteiger charge is -2.05. The third kappa shape index (κ3) is 5.01. The summed E-state index contributed by atoms with van der Waals surface area (Å²) in [6, 6.07) is 3.11. The summed E-state index contributed by atoms with van der Waals surface area (Å²) < 4.78 is 4.82. The van der Waals surface area contributed by atoms with E-state index in [0.717, 1.165) is 4.88 Å². The van der Waals surface area contributed by atoms with E-state index in [4.69, 9.17) is 4.74 Å². The Morgan fingerprint density at radius 2 is 2.17 bits per heavy atom. The van der Waals surface area contributed by atoms with Crippen LogP contribution in [0.1, 0.15) is 10.5 Å². The summed E-state index contributed by atoms with van der Waals surface area (Å²) in [7, 11) is 0. The highest BCUT2D eigenvalue weighted by Crippen LogP contribution is 2.27. The SMILES string of the molecule is C=CCNC(=O)NC(=O)COC(=O)c1csc(-c2cccs2)n1. The molecule has 2 heterocycles. The highest BCUT2D eigenvalue weighted by molar-refractivity contribution is 7.20. The Hall–Kier alpha value is -2.52. The summed E-state index contributed by atoms with van der Waals surface area (Å²) >= 11 is 2.83. The van der Waals surface area contributed by atoms with Crippen molar-refractivity contribution in [1.82, 2.24) is 15.6 Å². The molecule has 120 valence electrons. The van der Waals surface area contributed by atoms with Crippen molar-refractivity contribution in [1.29, 1.82) is 0 Å². The molecule has 2 N–H and O–H groups in total. The van der Waals surface area contributed by atoms with Gasteiger partial charge in [-0.1, -0.05) is 12.1 Å². The third-order valence-electron chi connectivity index (χ3n) is 2.44. The number of hydrogen-bond acceptors (Lipinski definition) is 7. The molecule has 3 amide bonds. The number of amides is 3. The summed E-state index contributed by atoms with van der Waals surface area (Å²) in [6.45, 7) is 3.09. The molecule has 0 aliphatic heterocycles. The van der Waals surface area contributed by atoms with Crippen molar-refractivity contribution in [2.75, 3.05) is 13.2 Å². The van der Waals surface area contributed by atoms with E-state index < -0.39 is 24.5 Å². The standard InChI is InChI=1S/C14H13N3O4S2/c1-2-5-15-14(20)17-11(18)7-21-13(19)9-8-23-12(16-9)10-4-3-6-22-10/h2-4,6,8H,1,5,7H2,(H2,15,17,18,20). The van der Waals surface area contributed by atoms with E-state index in [1.54, 1.807) is 5.38 Å². The van der Waals surface area contributed by atoms with Crippen LogP contribution in [0.25, 0.3) is 9.88 Å². The number of nitrogens with zero attached hydrogens (tertiary/aromatic N) is 1. The number of hydrogen-bond donors (Lipinski definition) is 2. The molecule has 0 spiro atoms. The van der Waals surface area contributed by atoms with Gasteiger partial charge in [-0.25, -0.2) is 14.6 Å². The Labute approximate surface area is 140 Å². The second-order valence-corrected chi connectivity index (χ2v) is 5.94. The monoisotopic (exact) mass is 351 g/mol. The molecule has 2 aromatic rings. The topological polar surface area (TPSA) is 97.4 Å². The zero-order valence-corrected chi connectivity index (χ0v) is 13.5. The van der Waals surface area contributed by atoms with Crippen LogP contribution >= 0.6 is 22.7 Å². The van der Waals surface area contributed by atoms with E-state index in [-0.39, 0.29) is 12.2 Å². The number of carbonyl (C=O) groups is 3. The van der Waals surface area contributed by atoms with Crippen LogP contribution in [0, 0.1) is 0 Å². The number of rotatable bonds is 6. The molecule has 0 saturated carbocycles. The fraction of sp³-hybridized carbons (Fsp3) is 0.143. The number of aromatic nitrogens is 1. The summed E-state index contributed by atoms with van der Waals surface area (Å²) in [5, 5.41) is 8.56. The predicted octanol–water partition coefficient (Wildman–Crippen LogP) is 2.04. The van der Waals surface area contributed by atoms with Crippen molar-refractivity contribution in [3.05, 3.63) is 41.2 Å². The van der Waals surface area contributed by atoms with Gasteiger partial charge in [-0.2, -0.15) is 0 Å². The number of imide groups is 1. The summed E-state index contributed by atoms with van der Waals surface area (Å²) in [4.78, 5) is 39.6. The molecule has 0 aliphatic rings. The third-order valence-corrected chi connectivity index (χ3v) is 4.32. The zero-order chi connectivity index (χ0) is 16.7. The number of urea groups is 1. The molecular weight excluding hydrogens is 338 g/mol. The Morgan fingerprint density at radius 1 is 1.35 bits per heavy atom. The van der Waals surface area contributed by atoms with Crippen molar-refractivity contribution >= 4 is 40.6 Å². The van der Waals surface area contributed by atoms with E-state index in [2.05, 4.69) is 16.9 Å². The van der Waals surface area contributed by atoms with Gasteiger partial charge in [-0.05, 0) is 11.4 Å². The fourth-order valence-corrected chi connectivity index (χ4v) is 3.06. The van der Waals surface area contributed by atoms with Gasteiger partial charge in [-0.15, -0.1) is 29.3 Å². The second-order valence-electron chi connectivity index (χ2n) is 4.14. The first-order valence-electron chi connectivity index (χ1n) is 6.45. The number of thiophene rings is 1. The largest absolute Gasteiger partial charge is 0.451 e. The lowest BCUT2D eigenvalue weighted by molar-refractivity contribution is -0.123. The van der Waals surface area contributed by atoms with Crippen LogP contribution < -0.4 is 10.6 Å².